The second kappa shape index (κ2) is 22.5. The number of nitrogens with one attached hydrogen (secondary N) is 3. The molecule has 2 aliphatic carbocycles. The van der Waals surface area contributed by atoms with Gasteiger partial charge in [0.05, 0.1) is 49.0 Å². The van der Waals surface area contributed by atoms with Crippen molar-refractivity contribution in [1.29, 1.82) is 0 Å². The van der Waals surface area contributed by atoms with Gasteiger partial charge in [-0.05, 0) is 105 Å². The maximum Gasteiger partial charge on any atom is 0.312 e. The largest absolute Gasteiger partial charge is 0.491 e. The summed E-state index contributed by atoms with van der Waals surface area (Å²) in [6, 6.07) is 18.5. The van der Waals surface area contributed by atoms with E-state index in [2.05, 4.69) is 82.8 Å². The summed E-state index contributed by atoms with van der Waals surface area (Å²) in [5, 5.41) is 25.7. The number of amides is 1. The van der Waals surface area contributed by atoms with Gasteiger partial charge in [0.15, 0.2) is 11.5 Å². The number of hydrogen-bond acceptors (Lipinski definition) is 17. The zero-order valence-corrected chi connectivity index (χ0v) is 46.3. The van der Waals surface area contributed by atoms with Gasteiger partial charge in [-0.1, -0.05) is 38.1 Å². The quantitative estimate of drug-likeness (QED) is 0.0463. The van der Waals surface area contributed by atoms with E-state index in [1.807, 2.05) is 6.07 Å². The second-order valence-electron chi connectivity index (χ2n) is 22.2. The Morgan fingerprint density at radius 2 is 1.70 bits per heavy atom. The third kappa shape index (κ3) is 11.6. The smallest absolute Gasteiger partial charge is 0.312 e. The highest BCUT2D eigenvalue weighted by Crippen LogP contribution is 2.54. The Hall–Kier alpha value is -7.14. The van der Waals surface area contributed by atoms with E-state index < -0.39 is 42.9 Å². The van der Waals surface area contributed by atoms with E-state index in [0.717, 1.165) is 69.3 Å². The molecule has 2 aromatic carbocycles. The fourth-order valence-corrected chi connectivity index (χ4v) is 13.1. The van der Waals surface area contributed by atoms with E-state index in [4.69, 9.17) is 18.9 Å². The van der Waals surface area contributed by atoms with Crippen molar-refractivity contribution in [2.24, 2.45) is 11.3 Å². The van der Waals surface area contributed by atoms with Crippen LogP contribution >= 0.6 is 0 Å². The van der Waals surface area contributed by atoms with Crippen LogP contribution in [-0.2, 0) is 16.6 Å². The Balaban J connectivity index is 0.860. The van der Waals surface area contributed by atoms with Gasteiger partial charge in [0.25, 0.3) is 27.7 Å². The van der Waals surface area contributed by atoms with Crippen molar-refractivity contribution in [3.63, 3.8) is 0 Å². The van der Waals surface area contributed by atoms with Gasteiger partial charge in [-0.2, -0.15) is 4.98 Å². The van der Waals surface area contributed by atoms with Crippen LogP contribution in [0.25, 0.3) is 11.0 Å². The predicted molar refractivity (Wildman–Crippen MR) is 295 cm³/mol. The molecule has 4 N–H and O–H groups in total. The number of pyridine rings is 3. The Kier molecular flexibility index (Phi) is 15.7. The van der Waals surface area contributed by atoms with Crippen molar-refractivity contribution in [1.82, 2.24) is 34.5 Å². The summed E-state index contributed by atoms with van der Waals surface area (Å²) in [6.45, 7) is 11.4. The van der Waals surface area contributed by atoms with Crippen LogP contribution < -0.4 is 33.9 Å². The molecule has 2 aliphatic heterocycles. The van der Waals surface area contributed by atoms with Crippen molar-refractivity contribution in [2.75, 3.05) is 70.8 Å². The molecule has 79 heavy (non-hydrogen) atoms. The normalized spacial score (nSPS) is 20.9. The summed E-state index contributed by atoms with van der Waals surface area (Å²) >= 11 is 0. The molecule has 22 heteroatoms. The van der Waals surface area contributed by atoms with Crippen molar-refractivity contribution in [2.45, 2.75) is 107 Å². The molecule has 0 radical (unpaired) electrons. The Labute approximate surface area is 459 Å². The Morgan fingerprint density at radius 3 is 2.41 bits per heavy atom. The monoisotopic (exact) mass is 1100 g/mol. The van der Waals surface area contributed by atoms with Crippen molar-refractivity contribution in [3.05, 3.63) is 117 Å². The summed E-state index contributed by atoms with van der Waals surface area (Å²) in [7, 11) is -0.133. The van der Waals surface area contributed by atoms with Gasteiger partial charge in [0, 0.05) is 99.7 Å². The topological polar surface area (TPSA) is 240 Å². The maximum atomic E-state index is 14.9. The number of aromatic amines is 1. The number of ether oxygens (including phenoxy) is 4. The average molecular weight is 1110 g/mol. The molecule has 6 aromatic rings. The number of halogens is 1. The highest BCUT2D eigenvalue weighted by atomic mass is 32.2. The molecule has 2 saturated carbocycles. The first kappa shape index (κ1) is 55.2. The Bertz CT molecular complexity index is 3330. The van der Waals surface area contributed by atoms with Gasteiger partial charge in [-0.25, -0.2) is 27.5 Å². The van der Waals surface area contributed by atoms with Crippen molar-refractivity contribution < 1.29 is 46.6 Å². The first-order valence-corrected chi connectivity index (χ1v) is 28.4. The fourth-order valence-electron chi connectivity index (χ4n) is 12.2. The molecule has 0 unspecified atom stereocenters. The summed E-state index contributed by atoms with van der Waals surface area (Å²) in [5.74, 6) is -0.314. The number of anilines is 2. The molecule has 4 aliphatic rings. The number of H-pyrrole nitrogens is 1. The first-order chi connectivity index (χ1) is 37.9. The molecule has 10 rings (SSSR count). The van der Waals surface area contributed by atoms with Gasteiger partial charge >= 0.3 is 5.69 Å². The number of rotatable bonds is 18. The molecule has 20 nitrogen and oxygen atoms in total. The summed E-state index contributed by atoms with van der Waals surface area (Å²) in [6.07, 6.45) is 10.4. The zero-order valence-electron chi connectivity index (χ0n) is 45.5. The van der Waals surface area contributed by atoms with Crippen LogP contribution in [0.1, 0.15) is 111 Å². The molecule has 6 heterocycles. The fraction of sp³-hybridized carbons (Fsp3) is 0.474. The number of carbonyl (C=O) groups excluding carboxylic acids is 1. The number of hydrogen-bond donors (Lipinski definition) is 4. The lowest BCUT2D eigenvalue weighted by Gasteiger charge is -2.58. The molecule has 420 valence electrons. The van der Waals surface area contributed by atoms with Crippen LogP contribution in [0.5, 0.6) is 29.0 Å². The van der Waals surface area contributed by atoms with Gasteiger partial charge in [-0.15, -0.1) is 0 Å². The third-order valence-electron chi connectivity index (χ3n) is 16.7. The lowest BCUT2D eigenvalue weighted by molar-refractivity contribution is -0.384. The number of piperidine rings is 1. The zero-order chi connectivity index (χ0) is 55.8. The lowest BCUT2D eigenvalue weighted by Crippen LogP contribution is -2.60. The van der Waals surface area contributed by atoms with Crippen LogP contribution in [0.4, 0.5) is 21.6 Å². The second-order valence-corrected chi connectivity index (χ2v) is 23.9. The van der Waals surface area contributed by atoms with E-state index in [1.54, 1.807) is 39.5 Å². The number of fused-ring (bicyclic) bond motifs is 1. The lowest BCUT2D eigenvalue weighted by atomic mass is 9.59. The first-order valence-electron chi connectivity index (χ1n) is 27.0. The van der Waals surface area contributed by atoms with Crippen LogP contribution in [0, 0.1) is 27.3 Å². The van der Waals surface area contributed by atoms with Gasteiger partial charge in [0.2, 0.25) is 5.82 Å². The molecular weight excluding hydrogens is 1040 g/mol. The highest BCUT2D eigenvalue weighted by molar-refractivity contribution is 7.90. The molecule has 1 spiro atoms. The molecular formula is C57H69FN10O10S. The number of carbonyl (C=O) groups is 1. The van der Waals surface area contributed by atoms with Gasteiger partial charge in [0.1, 0.15) is 22.1 Å². The SMILES string of the molecule is COc1nc2[nH]cc(F)c2cc1Oc1cc(N2CCC3(CC2)CC(N2CCN(Cc4ccnc(OC)c4OC)C[C@H]2c2ccccc2C(C)C)C3)ccc1C(=O)NS(=O)(=O)c1cnc(NCC2CCC(C)(O)CC2)c([N+](=O)[O-])c1. The molecule has 2 saturated heterocycles. The number of aliphatic hydroxyl groups is 1. The van der Waals surface area contributed by atoms with E-state index in [9.17, 15) is 32.8 Å². The molecule has 4 aromatic heterocycles. The standard InChI is InChI=1S/C57H69FN10O10S/c1-35(2)41-9-7-8-10-42(41)47-34-65(33-37-15-20-59-55(77-6)50(37)75-4)23-24-67(47)39-28-57(29-39)18-21-66(22-19-57)38-11-12-43(48(25-38)78-49-27-44-45(58)32-62-51(44)63-54(49)76-5)53(69)64-79(73,74)40-26-46(68(71)72)52(61-31-40)60-30-36-13-16-56(3,70)17-14-36/h7-12,15,20,25-27,31-32,35-36,39,47,70H,13-14,16-19,21-24,28-30,33-34H2,1-6H3,(H,60,61)(H,62,63)(H,64,69)/t36?,47-,56?/m0/s1. The van der Waals surface area contributed by atoms with Crippen LogP contribution in [-0.4, -0.2) is 126 Å². The van der Waals surface area contributed by atoms with Crippen molar-refractivity contribution in [3.8, 4) is 29.0 Å². The van der Waals surface area contributed by atoms with Gasteiger partial charge < -0.3 is 39.3 Å². The van der Waals surface area contributed by atoms with Crippen molar-refractivity contribution >= 4 is 44.2 Å². The number of methoxy groups -OCH3 is 3. The van der Waals surface area contributed by atoms with Gasteiger partial charge in [-0.3, -0.25) is 24.7 Å². The van der Waals surface area contributed by atoms with E-state index in [-0.39, 0.29) is 57.2 Å². The summed E-state index contributed by atoms with van der Waals surface area (Å²) in [4.78, 5) is 48.2. The highest BCUT2D eigenvalue weighted by Gasteiger charge is 2.50. The van der Waals surface area contributed by atoms with Crippen LogP contribution in [0.3, 0.4) is 0 Å². The number of aromatic nitrogens is 4. The third-order valence-corrected chi connectivity index (χ3v) is 18.0. The molecule has 1 amide bonds. The minimum atomic E-state index is -4.75. The van der Waals surface area contributed by atoms with Crippen LogP contribution in [0.15, 0.2) is 84.1 Å². The number of piperazine rings is 1. The van der Waals surface area contributed by atoms with E-state index in [1.165, 1.54) is 30.4 Å². The van der Waals surface area contributed by atoms with E-state index in [0.29, 0.717) is 81.1 Å². The summed E-state index contributed by atoms with van der Waals surface area (Å²) < 4.78 is 68.0. The number of sulfonamides is 1. The number of nitro groups is 1. The molecule has 1 atom stereocenters. The Morgan fingerprint density at radius 1 is 0.949 bits per heavy atom. The van der Waals surface area contributed by atoms with Crippen LogP contribution in [0.2, 0.25) is 0 Å². The number of benzene rings is 2. The minimum Gasteiger partial charge on any atom is -0.491 e. The maximum absolute atomic E-state index is 14.9. The average Bonchev–Trinajstić information content (AvgIpc) is 3.95. The number of nitrogens with zero attached hydrogens (tertiary/aromatic N) is 7. The predicted octanol–water partition coefficient (Wildman–Crippen LogP) is 9.12. The minimum absolute atomic E-state index is 0.0217. The molecule has 4 fully saturated rings. The molecule has 0 bridgehead atoms. The summed E-state index contributed by atoms with van der Waals surface area (Å²) in [5.41, 5.74) is 3.27. The van der Waals surface area contributed by atoms with E-state index >= 15 is 0 Å².